The predicted octanol–water partition coefficient (Wildman–Crippen LogP) is 2.40. The quantitative estimate of drug-likeness (QED) is 0.805. The van der Waals surface area contributed by atoms with Gasteiger partial charge in [-0.05, 0) is 23.6 Å². The van der Waals surface area contributed by atoms with Gasteiger partial charge in [-0.3, -0.25) is 0 Å². The third-order valence-corrected chi connectivity index (χ3v) is 4.75. The van der Waals surface area contributed by atoms with Gasteiger partial charge in [-0.25, -0.2) is 19.0 Å². The molecule has 0 saturated carbocycles. The van der Waals surface area contributed by atoms with E-state index >= 15 is 0 Å². The molecular formula is C19H23FN4O3. The summed E-state index contributed by atoms with van der Waals surface area (Å²) in [5.41, 5.74) is 2.22. The SMILES string of the molecule is COC(=O)[C@@H](NC(=O)N1CCc2[nH]cnc2[C@@H]1c1cccc(F)c1)C(C)C. The molecule has 0 saturated heterocycles. The van der Waals surface area contributed by atoms with E-state index in [1.54, 1.807) is 23.4 Å². The molecule has 2 aromatic rings. The minimum atomic E-state index is -0.767. The number of H-pyrrole nitrogens is 1. The summed E-state index contributed by atoms with van der Waals surface area (Å²) in [7, 11) is 1.29. The van der Waals surface area contributed by atoms with E-state index in [2.05, 4.69) is 15.3 Å². The lowest BCUT2D eigenvalue weighted by Gasteiger charge is -2.36. The van der Waals surface area contributed by atoms with Crippen molar-refractivity contribution in [1.29, 1.82) is 0 Å². The Morgan fingerprint density at radius 1 is 1.41 bits per heavy atom. The Bertz CT molecular complexity index is 836. The van der Waals surface area contributed by atoms with Crippen LogP contribution in [0.25, 0.3) is 0 Å². The van der Waals surface area contributed by atoms with Crippen LogP contribution in [0.4, 0.5) is 9.18 Å². The number of esters is 1. The molecule has 1 aliphatic rings. The summed E-state index contributed by atoms with van der Waals surface area (Å²) in [6.07, 6.45) is 2.17. The van der Waals surface area contributed by atoms with E-state index in [4.69, 9.17) is 4.74 Å². The molecule has 2 amide bonds. The molecular weight excluding hydrogens is 351 g/mol. The first-order valence-corrected chi connectivity index (χ1v) is 8.85. The number of imidazole rings is 1. The Morgan fingerprint density at radius 3 is 2.85 bits per heavy atom. The van der Waals surface area contributed by atoms with Crippen LogP contribution in [0.15, 0.2) is 30.6 Å². The zero-order valence-electron chi connectivity index (χ0n) is 15.5. The van der Waals surface area contributed by atoms with Crippen LogP contribution in [0.5, 0.6) is 0 Å². The van der Waals surface area contributed by atoms with E-state index in [0.29, 0.717) is 24.2 Å². The van der Waals surface area contributed by atoms with Crippen LogP contribution in [-0.4, -0.2) is 46.6 Å². The fourth-order valence-electron chi connectivity index (χ4n) is 3.35. The van der Waals surface area contributed by atoms with Crippen molar-refractivity contribution in [3.8, 4) is 0 Å². The van der Waals surface area contributed by atoms with Crippen LogP contribution in [0.1, 0.15) is 36.8 Å². The number of carbonyl (C=O) groups excluding carboxylic acids is 2. The van der Waals surface area contributed by atoms with Gasteiger partial charge in [0.1, 0.15) is 17.9 Å². The maximum atomic E-state index is 13.8. The summed E-state index contributed by atoms with van der Waals surface area (Å²) < 4.78 is 18.6. The maximum absolute atomic E-state index is 13.8. The number of nitrogens with zero attached hydrogens (tertiary/aromatic N) is 2. The lowest BCUT2D eigenvalue weighted by molar-refractivity contribution is -0.144. The normalized spacial score (nSPS) is 17.4. The molecule has 2 atom stereocenters. The number of halogens is 1. The van der Waals surface area contributed by atoms with Gasteiger partial charge in [0.15, 0.2) is 0 Å². The molecule has 1 aromatic carbocycles. The summed E-state index contributed by atoms with van der Waals surface area (Å²) in [6, 6.07) is 4.40. The summed E-state index contributed by atoms with van der Waals surface area (Å²) in [4.78, 5) is 34.0. The Kier molecular flexibility index (Phi) is 5.43. The number of amides is 2. The number of hydrogen-bond acceptors (Lipinski definition) is 4. The summed E-state index contributed by atoms with van der Waals surface area (Å²) in [5, 5.41) is 2.75. The van der Waals surface area contributed by atoms with Crippen molar-refractivity contribution >= 4 is 12.0 Å². The zero-order valence-corrected chi connectivity index (χ0v) is 15.5. The van der Waals surface area contributed by atoms with Gasteiger partial charge in [-0.1, -0.05) is 26.0 Å². The minimum absolute atomic E-state index is 0.139. The lowest BCUT2D eigenvalue weighted by Crippen LogP contribution is -2.53. The number of aromatic nitrogens is 2. The monoisotopic (exact) mass is 374 g/mol. The molecule has 0 radical (unpaired) electrons. The van der Waals surface area contributed by atoms with E-state index in [1.165, 1.54) is 19.2 Å². The standard InChI is InChI=1S/C19H23FN4O3/c1-11(2)15(18(25)27-3)23-19(26)24-8-7-14-16(22-10-21-14)17(24)12-5-4-6-13(20)9-12/h4-6,9-11,15,17H,7-8H2,1-3H3,(H,21,22)(H,23,26)/t15-,17-/m0/s1. The van der Waals surface area contributed by atoms with Crippen LogP contribution in [-0.2, 0) is 16.0 Å². The van der Waals surface area contributed by atoms with Crippen LogP contribution < -0.4 is 5.32 Å². The first kappa shape index (κ1) is 18.9. The topological polar surface area (TPSA) is 87.3 Å². The summed E-state index contributed by atoms with van der Waals surface area (Å²) in [6.45, 7) is 4.07. The van der Waals surface area contributed by atoms with Crippen LogP contribution in [0.2, 0.25) is 0 Å². The highest BCUT2D eigenvalue weighted by Crippen LogP contribution is 2.33. The molecule has 8 heteroatoms. The molecule has 1 aliphatic heterocycles. The van der Waals surface area contributed by atoms with Crippen molar-refractivity contribution in [1.82, 2.24) is 20.2 Å². The van der Waals surface area contributed by atoms with Crippen molar-refractivity contribution in [2.24, 2.45) is 5.92 Å². The molecule has 0 unspecified atom stereocenters. The van der Waals surface area contributed by atoms with Gasteiger partial charge < -0.3 is 19.9 Å². The minimum Gasteiger partial charge on any atom is -0.467 e. The van der Waals surface area contributed by atoms with Gasteiger partial charge in [0.25, 0.3) is 0 Å². The molecule has 7 nitrogen and oxygen atoms in total. The van der Waals surface area contributed by atoms with Gasteiger partial charge in [0.05, 0.1) is 19.1 Å². The molecule has 0 spiro atoms. The molecule has 0 fully saturated rings. The number of fused-ring (bicyclic) bond motifs is 1. The van der Waals surface area contributed by atoms with Gasteiger partial charge >= 0.3 is 12.0 Å². The van der Waals surface area contributed by atoms with E-state index in [-0.39, 0.29) is 11.7 Å². The first-order valence-electron chi connectivity index (χ1n) is 8.85. The number of aromatic amines is 1. The number of benzene rings is 1. The molecule has 27 heavy (non-hydrogen) atoms. The highest BCUT2D eigenvalue weighted by atomic mass is 19.1. The van der Waals surface area contributed by atoms with E-state index in [0.717, 1.165) is 5.69 Å². The average molecular weight is 374 g/mol. The third-order valence-electron chi connectivity index (χ3n) is 4.75. The molecule has 2 N–H and O–H groups in total. The van der Waals surface area contributed by atoms with Crippen LogP contribution in [0, 0.1) is 11.7 Å². The van der Waals surface area contributed by atoms with Gasteiger partial charge in [-0.2, -0.15) is 0 Å². The van der Waals surface area contributed by atoms with Crippen LogP contribution >= 0.6 is 0 Å². The van der Waals surface area contributed by atoms with Crippen LogP contribution in [0.3, 0.4) is 0 Å². The number of urea groups is 1. The Hall–Kier alpha value is -2.90. The smallest absolute Gasteiger partial charge is 0.328 e. The highest BCUT2D eigenvalue weighted by Gasteiger charge is 2.36. The second-order valence-electron chi connectivity index (χ2n) is 6.86. The van der Waals surface area contributed by atoms with Crippen molar-refractivity contribution in [2.45, 2.75) is 32.4 Å². The van der Waals surface area contributed by atoms with E-state index in [1.807, 2.05) is 13.8 Å². The predicted molar refractivity (Wildman–Crippen MR) is 96.4 cm³/mol. The van der Waals surface area contributed by atoms with Gasteiger partial charge in [0.2, 0.25) is 0 Å². The summed E-state index contributed by atoms with van der Waals surface area (Å²) in [5.74, 6) is -1.02. The number of rotatable bonds is 4. The maximum Gasteiger partial charge on any atom is 0.328 e. The Labute approximate surface area is 156 Å². The van der Waals surface area contributed by atoms with Crippen molar-refractivity contribution in [3.63, 3.8) is 0 Å². The summed E-state index contributed by atoms with van der Waals surface area (Å²) >= 11 is 0. The Balaban J connectivity index is 1.93. The van der Waals surface area contributed by atoms with Crippen molar-refractivity contribution in [2.75, 3.05) is 13.7 Å². The first-order chi connectivity index (χ1) is 12.9. The molecule has 3 rings (SSSR count). The van der Waals surface area contributed by atoms with Gasteiger partial charge in [-0.15, -0.1) is 0 Å². The number of carbonyl (C=O) groups is 2. The fraction of sp³-hybridized carbons (Fsp3) is 0.421. The fourth-order valence-corrected chi connectivity index (χ4v) is 3.35. The molecule has 1 aromatic heterocycles. The van der Waals surface area contributed by atoms with E-state index in [9.17, 15) is 14.0 Å². The number of ether oxygens (including phenoxy) is 1. The second kappa shape index (κ2) is 7.77. The lowest BCUT2D eigenvalue weighted by atomic mass is 9.95. The van der Waals surface area contributed by atoms with Crippen molar-refractivity contribution in [3.05, 3.63) is 53.4 Å². The molecule has 144 valence electrons. The zero-order chi connectivity index (χ0) is 19.6. The number of hydrogen-bond donors (Lipinski definition) is 2. The largest absolute Gasteiger partial charge is 0.467 e. The second-order valence-corrected chi connectivity index (χ2v) is 6.86. The molecule has 2 heterocycles. The number of nitrogens with one attached hydrogen (secondary N) is 2. The molecule has 0 aliphatic carbocycles. The highest BCUT2D eigenvalue weighted by molar-refractivity contribution is 5.84. The average Bonchev–Trinajstić information content (AvgIpc) is 3.12. The third kappa shape index (κ3) is 3.79. The van der Waals surface area contributed by atoms with Gasteiger partial charge in [0, 0.05) is 18.7 Å². The van der Waals surface area contributed by atoms with Crippen molar-refractivity contribution < 1.29 is 18.7 Å². The number of methoxy groups -OCH3 is 1. The Morgan fingerprint density at radius 2 is 2.19 bits per heavy atom. The van der Waals surface area contributed by atoms with E-state index < -0.39 is 24.1 Å². The molecule has 0 bridgehead atoms.